The van der Waals surface area contributed by atoms with Gasteiger partial charge in [-0.05, 0) is 119 Å². The second-order valence-electron chi connectivity index (χ2n) is 11.6. The van der Waals surface area contributed by atoms with Gasteiger partial charge in [0.2, 0.25) is 0 Å². The standard InChI is InChI=1S/C41H32S4/c1-5-27-21-23-29(26(4)39(27)31-13-11-19-37-41(31)45-35-17-9-7-15-33(35)43-37)28-22-20-24(2)38(25(28)3)30-12-10-18-36-40(30)44-34-16-8-6-14-32(34)42-36/h6-23H,5H2,1-4H3. The lowest BCUT2D eigenvalue weighted by Gasteiger charge is -2.25. The first-order valence-corrected chi connectivity index (χ1v) is 18.7. The number of hydrogen-bond donors (Lipinski definition) is 0. The zero-order chi connectivity index (χ0) is 30.7. The summed E-state index contributed by atoms with van der Waals surface area (Å²) in [5, 5.41) is 0. The SMILES string of the molecule is CCc1ccc(-c2ccc(C)c(-c3cccc4c3Sc3ccccc3S4)c2C)c(C)c1-c1cccc2c1Sc1ccccc1S2. The first-order chi connectivity index (χ1) is 22.0. The number of aryl methyl sites for hydroxylation is 2. The van der Waals surface area contributed by atoms with E-state index in [1.807, 2.05) is 47.0 Å². The average Bonchev–Trinajstić information content (AvgIpc) is 3.06. The van der Waals surface area contributed by atoms with E-state index in [0.717, 1.165) is 6.42 Å². The molecule has 0 N–H and O–H groups in total. The molecule has 0 fully saturated rings. The summed E-state index contributed by atoms with van der Waals surface area (Å²) in [5.41, 5.74) is 13.5. The van der Waals surface area contributed by atoms with Crippen LogP contribution in [-0.2, 0) is 6.42 Å². The summed E-state index contributed by atoms with van der Waals surface area (Å²) in [6.07, 6.45) is 0.999. The molecule has 0 bridgehead atoms. The molecule has 0 radical (unpaired) electrons. The summed E-state index contributed by atoms with van der Waals surface area (Å²) in [5.74, 6) is 0. The number of benzene rings is 6. The van der Waals surface area contributed by atoms with Crippen LogP contribution < -0.4 is 0 Å². The van der Waals surface area contributed by atoms with Gasteiger partial charge in [0.1, 0.15) is 0 Å². The third-order valence-electron chi connectivity index (χ3n) is 8.95. The Morgan fingerprint density at radius 2 is 0.844 bits per heavy atom. The van der Waals surface area contributed by atoms with Crippen molar-refractivity contribution in [3.05, 3.63) is 131 Å². The van der Waals surface area contributed by atoms with Gasteiger partial charge >= 0.3 is 0 Å². The molecule has 0 unspecified atom stereocenters. The highest BCUT2D eigenvalue weighted by atomic mass is 32.2. The van der Waals surface area contributed by atoms with Gasteiger partial charge in [-0.3, -0.25) is 0 Å². The summed E-state index contributed by atoms with van der Waals surface area (Å²) < 4.78 is 0. The van der Waals surface area contributed by atoms with Crippen molar-refractivity contribution in [3.8, 4) is 33.4 Å². The van der Waals surface area contributed by atoms with Crippen molar-refractivity contribution >= 4 is 47.0 Å². The van der Waals surface area contributed by atoms with Crippen molar-refractivity contribution in [1.82, 2.24) is 0 Å². The van der Waals surface area contributed by atoms with E-state index in [4.69, 9.17) is 0 Å². The van der Waals surface area contributed by atoms with Gasteiger partial charge in [-0.1, -0.05) is 127 Å². The van der Waals surface area contributed by atoms with E-state index >= 15 is 0 Å². The molecule has 2 aliphatic rings. The lowest BCUT2D eigenvalue weighted by atomic mass is 9.84. The van der Waals surface area contributed by atoms with Crippen molar-refractivity contribution in [1.29, 1.82) is 0 Å². The Morgan fingerprint density at radius 1 is 0.400 bits per heavy atom. The fraction of sp³-hybridized carbons (Fsp3) is 0.122. The van der Waals surface area contributed by atoms with E-state index in [1.54, 1.807) is 0 Å². The van der Waals surface area contributed by atoms with Gasteiger partial charge in [-0.2, -0.15) is 0 Å². The van der Waals surface area contributed by atoms with Gasteiger partial charge in [0.05, 0.1) is 0 Å². The first kappa shape index (κ1) is 29.1. The van der Waals surface area contributed by atoms with Crippen LogP contribution in [0.25, 0.3) is 33.4 Å². The van der Waals surface area contributed by atoms with Crippen molar-refractivity contribution in [2.45, 2.75) is 73.3 Å². The molecule has 2 aliphatic heterocycles. The Kier molecular flexibility index (Phi) is 7.66. The van der Waals surface area contributed by atoms with Gasteiger partial charge in [0.25, 0.3) is 0 Å². The monoisotopic (exact) mass is 652 g/mol. The van der Waals surface area contributed by atoms with Crippen LogP contribution in [0.5, 0.6) is 0 Å². The van der Waals surface area contributed by atoms with Gasteiger partial charge < -0.3 is 0 Å². The van der Waals surface area contributed by atoms with Crippen LogP contribution in [0.15, 0.2) is 148 Å². The molecule has 0 aliphatic carbocycles. The van der Waals surface area contributed by atoms with E-state index in [-0.39, 0.29) is 0 Å². The van der Waals surface area contributed by atoms with Crippen LogP contribution in [0.4, 0.5) is 0 Å². The molecule has 0 saturated carbocycles. The van der Waals surface area contributed by atoms with Crippen LogP contribution in [0.3, 0.4) is 0 Å². The van der Waals surface area contributed by atoms with Crippen LogP contribution in [0, 0.1) is 20.8 Å². The van der Waals surface area contributed by atoms with Crippen LogP contribution >= 0.6 is 47.0 Å². The average molecular weight is 653 g/mol. The van der Waals surface area contributed by atoms with Crippen LogP contribution in [0.2, 0.25) is 0 Å². The molecule has 4 heteroatoms. The summed E-state index contributed by atoms with van der Waals surface area (Å²) in [6.45, 7) is 9.21. The zero-order valence-electron chi connectivity index (χ0n) is 25.7. The van der Waals surface area contributed by atoms with Crippen molar-refractivity contribution in [2.24, 2.45) is 0 Å². The summed E-state index contributed by atoms with van der Waals surface area (Å²) in [4.78, 5) is 10.8. The van der Waals surface area contributed by atoms with Crippen molar-refractivity contribution in [2.75, 3.05) is 0 Å². The predicted octanol–water partition coefficient (Wildman–Crippen LogP) is 13.4. The minimum Gasteiger partial charge on any atom is -0.0877 e. The van der Waals surface area contributed by atoms with Crippen molar-refractivity contribution in [3.63, 3.8) is 0 Å². The molecule has 6 aromatic carbocycles. The number of hydrogen-bond acceptors (Lipinski definition) is 4. The maximum atomic E-state index is 2.37. The molecule has 0 amide bonds. The number of fused-ring (bicyclic) bond motifs is 4. The topological polar surface area (TPSA) is 0 Å². The fourth-order valence-electron chi connectivity index (χ4n) is 6.77. The van der Waals surface area contributed by atoms with Gasteiger partial charge in [0.15, 0.2) is 0 Å². The van der Waals surface area contributed by atoms with E-state index in [2.05, 4.69) is 137 Å². The molecule has 2 heterocycles. The highest BCUT2D eigenvalue weighted by Gasteiger charge is 2.25. The first-order valence-electron chi connectivity index (χ1n) is 15.4. The Balaban J connectivity index is 1.28. The molecule has 0 spiro atoms. The molecule has 0 saturated heterocycles. The maximum absolute atomic E-state index is 2.37. The minimum atomic E-state index is 0.999. The maximum Gasteiger partial charge on any atom is 0.0341 e. The lowest BCUT2D eigenvalue weighted by molar-refractivity contribution is 1.11. The second kappa shape index (κ2) is 11.8. The molecular formula is C41H32S4. The summed E-state index contributed by atoms with van der Waals surface area (Å²) >= 11 is 7.62. The third kappa shape index (κ3) is 4.98. The van der Waals surface area contributed by atoms with Gasteiger partial charge in [-0.25, -0.2) is 0 Å². The van der Waals surface area contributed by atoms with E-state index < -0.39 is 0 Å². The minimum absolute atomic E-state index is 0.999. The Hall–Kier alpha value is -3.28. The van der Waals surface area contributed by atoms with E-state index in [1.165, 1.54) is 94.8 Å². The Labute approximate surface area is 283 Å². The normalized spacial score (nSPS) is 13.1. The molecule has 220 valence electrons. The largest absolute Gasteiger partial charge is 0.0877 e. The summed E-state index contributed by atoms with van der Waals surface area (Å²) in [7, 11) is 0. The van der Waals surface area contributed by atoms with E-state index in [9.17, 15) is 0 Å². The van der Waals surface area contributed by atoms with Gasteiger partial charge in [0, 0.05) is 39.2 Å². The zero-order valence-corrected chi connectivity index (χ0v) is 29.0. The van der Waals surface area contributed by atoms with Crippen LogP contribution in [0.1, 0.15) is 29.2 Å². The lowest BCUT2D eigenvalue weighted by Crippen LogP contribution is -2.01. The molecule has 0 atom stereocenters. The number of rotatable bonds is 4. The second-order valence-corrected chi connectivity index (χ2v) is 15.9. The van der Waals surface area contributed by atoms with Crippen molar-refractivity contribution < 1.29 is 0 Å². The Bertz CT molecular complexity index is 2140. The molecule has 8 rings (SSSR count). The smallest absolute Gasteiger partial charge is 0.0341 e. The van der Waals surface area contributed by atoms with E-state index in [0.29, 0.717) is 0 Å². The molecule has 0 aromatic heterocycles. The fourth-order valence-corrected chi connectivity index (χ4v) is 11.5. The molecule has 6 aromatic rings. The summed E-state index contributed by atoms with van der Waals surface area (Å²) in [6, 6.07) is 40.7. The molecular weight excluding hydrogens is 621 g/mol. The molecule has 45 heavy (non-hydrogen) atoms. The van der Waals surface area contributed by atoms with Gasteiger partial charge in [-0.15, -0.1) is 0 Å². The highest BCUT2D eigenvalue weighted by Crippen LogP contribution is 2.54. The predicted molar refractivity (Wildman–Crippen MR) is 196 cm³/mol. The molecule has 0 nitrogen and oxygen atoms in total. The highest BCUT2D eigenvalue weighted by molar-refractivity contribution is 8.05. The quantitative estimate of drug-likeness (QED) is 0.185. The van der Waals surface area contributed by atoms with Crippen LogP contribution in [-0.4, -0.2) is 0 Å². The Morgan fingerprint density at radius 3 is 1.38 bits per heavy atom. The third-order valence-corrected chi connectivity index (χ3v) is 14.2.